The Kier molecular flexibility index (Phi) is 4.80. The molecule has 0 heterocycles. The first kappa shape index (κ1) is 14.6. The Balaban J connectivity index is 2.38. The summed E-state index contributed by atoms with van der Waals surface area (Å²) in [4.78, 5) is 2.37. The van der Waals surface area contributed by atoms with Crippen molar-refractivity contribution >= 4 is 11.4 Å². The van der Waals surface area contributed by atoms with Crippen LogP contribution in [0.4, 0.5) is 11.4 Å². The molecular weight excluding hydrogens is 244 g/mol. The van der Waals surface area contributed by atoms with Gasteiger partial charge in [0.25, 0.3) is 0 Å². The quantitative estimate of drug-likeness (QED) is 0.875. The average Bonchev–Trinajstić information content (AvgIpc) is 2.45. The van der Waals surface area contributed by atoms with Crippen molar-refractivity contribution in [2.45, 2.75) is 27.3 Å². The summed E-state index contributed by atoms with van der Waals surface area (Å²) >= 11 is 0. The molecule has 0 spiro atoms. The van der Waals surface area contributed by atoms with Crippen molar-refractivity contribution in [1.82, 2.24) is 5.32 Å². The molecule has 2 rings (SSSR count). The Labute approximate surface area is 122 Å². The number of nitrogens with one attached hydrogen (secondary N) is 1. The largest absolute Gasteiger partial charge is 0.342 e. The van der Waals surface area contributed by atoms with Gasteiger partial charge in [-0.05, 0) is 62.7 Å². The van der Waals surface area contributed by atoms with E-state index < -0.39 is 0 Å². The van der Waals surface area contributed by atoms with E-state index in [9.17, 15) is 0 Å². The number of hydrogen-bond acceptors (Lipinski definition) is 2. The number of nitrogens with zero attached hydrogens (tertiary/aromatic N) is 1. The van der Waals surface area contributed by atoms with E-state index in [1.165, 1.54) is 28.1 Å². The third-order valence-electron chi connectivity index (χ3n) is 3.73. The van der Waals surface area contributed by atoms with Gasteiger partial charge in [-0.1, -0.05) is 24.3 Å². The summed E-state index contributed by atoms with van der Waals surface area (Å²) in [5.74, 6) is 0. The Morgan fingerprint density at radius 1 is 1.00 bits per heavy atom. The number of anilines is 2. The van der Waals surface area contributed by atoms with E-state index in [0.29, 0.717) is 0 Å². The van der Waals surface area contributed by atoms with Gasteiger partial charge in [0.1, 0.15) is 0 Å². The number of para-hydroxylation sites is 1. The highest BCUT2D eigenvalue weighted by molar-refractivity contribution is 5.67. The highest BCUT2D eigenvalue weighted by atomic mass is 15.1. The molecule has 0 aliphatic heterocycles. The van der Waals surface area contributed by atoms with Gasteiger partial charge in [0, 0.05) is 24.5 Å². The highest BCUT2D eigenvalue weighted by Gasteiger charge is 2.10. The highest BCUT2D eigenvalue weighted by Crippen LogP contribution is 2.29. The van der Waals surface area contributed by atoms with Crippen LogP contribution in [-0.4, -0.2) is 13.6 Å². The lowest BCUT2D eigenvalue weighted by Gasteiger charge is -2.26. The molecule has 0 radical (unpaired) electrons. The zero-order chi connectivity index (χ0) is 14.5. The van der Waals surface area contributed by atoms with Gasteiger partial charge < -0.3 is 10.2 Å². The van der Waals surface area contributed by atoms with Crippen LogP contribution in [0.25, 0.3) is 0 Å². The number of aryl methyl sites for hydroxylation is 2. The molecule has 0 aromatic heterocycles. The molecule has 0 saturated heterocycles. The normalized spacial score (nSPS) is 10.6. The van der Waals surface area contributed by atoms with Crippen LogP contribution in [0.15, 0.2) is 42.5 Å². The summed E-state index contributed by atoms with van der Waals surface area (Å²) in [6.07, 6.45) is 0. The first-order valence-electron chi connectivity index (χ1n) is 7.24. The maximum atomic E-state index is 3.21. The second kappa shape index (κ2) is 6.58. The molecule has 2 heteroatoms. The zero-order valence-corrected chi connectivity index (χ0v) is 12.9. The maximum Gasteiger partial charge on any atom is 0.0440 e. The first-order valence-corrected chi connectivity index (χ1v) is 7.24. The molecule has 0 aliphatic rings. The minimum absolute atomic E-state index is 0.919. The predicted octanol–water partition coefficient (Wildman–Crippen LogP) is 4.18. The summed E-state index contributed by atoms with van der Waals surface area (Å²) in [6.45, 7) is 8.43. The van der Waals surface area contributed by atoms with Gasteiger partial charge in [0.15, 0.2) is 0 Å². The summed E-state index contributed by atoms with van der Waals surface area (Å²) in [5.41, 5.74) is 6.56. The molecule has 2 nitrogen and oxygen atoms in total. The van der Waals surface area contributed by atoms with E-state index in [1.54, 1.807) is 0 Å². The van der Waals surface area contributed by atoms with Gasteiger partial charge in [-0.2, -0.15) is 0 Å². The number of hydrogen-bond donors (Lipinski definition) is 1. The molecular formula is C18H24N2. The first-order chi connectivity index (χ1) is 9.67. The van der Waals surface area contributed by atoms with E-state index in [0.717, 1.165) is 13.1 Å². The molecule has 0 bridgehead atoms. The fourth-order valence-electron chi connectivity index (χ4n) is 2.60. The van der Waals surface area contributed by atoms with Gasteiger partial charge in [-0.25, -0.2) is 0 Å². The Bertz CT molecular complexity index is 575. The third kappa shape index (κ3) is 3.02. The molecule has 0 fully saturated rings. The fraction of sp³-hybridized carbons (Fsp3) is 0.333. The summed E-state index contributed by atoms with van der Waals surface area (Å²) in [6, 6.07) is 15.3. The molecule has 0 atom stereocenters. The maximum absolute atomic E-state index is 3.21. The SMILES string of the molecule is CCN(c1ccc(CNC)c(C)c1)c1ccccc1C. The van der Waals surface area contributed by atoms with E-state index in [4.69, 9.17) is 0 Å². The van der Waals surface area contributed by atoms with Gasteiger partial charge in [-0.3, -0.25) is 0 Å². The van der Waals surface area contributed by atoms with Crippen molar-refractivity contribution in [3.63, 3.8) is 0 Å². The fourth-order valence-corrected chi connectivity index (χ4v) is 2.60. The molecule has 1 N–H and O–H groups in total. The minimum Gasteiger partial charge on any atom is -0.342 e. The second-order valence-corrected chi connectivity index (χ2v) is 5.17. The number of benzene rings is 2. The lowest BCUT2D eigenvalue weighted by Crippen LogP contribution is -2.17. The number of rotatable bonds is 5. The second-order valence-electron chi connectivity index (χ2n) is 5.17. The molecule has 106 valence electrons. The van der Waals surface area contributed by atoms with Crippen LogP contribution in [0.2, 0.25) is 0 Å². The Hall–Kier alpha value is -1.80. The monoisotopic (exact) mass is 268 g/mol. The average molecular weight is 268 g/mol. The van der Waals surface area contributed by atoms with Crippen LogP contribution < -0.4 is 10.2 Å². The smallest absolute Gasteiger partial charge is 0.0440 e. The van der Waals surface area contributed by atoms with Crippen molar-refractivity contribution in [2.24, 2.45) is 0 Å². The van der Waals surface area contributed by atoms with Crippen LogP contribution in [0, 0.1) is 13.8 Å². The summed E-state index contributed by atoms with van der Waals surface area (Å²) < 4.78 is 0. The molecule has 0 amide bonds. The van der Waals surface area contributed by atoms with Crippen molar-refractivity contribution in [2.75, 3.05) is 18.5 Å². The van der Waals surface area contributed by atoms with Gasteiger partial charge in [0.2, 0.25) is 0 Å². The summed E-state index contributed by atoms with van der Waals surface area (Å²) in [5, 5.41) is 3.21. The van der Waals surface area contributed by atoms with Crippen LogP contribution in [0.3, 0.4) is 0 Å². The molecule has 0 aliphatic carbocycles. The van der Waals surface area contributed by atoms with E-state index >= 15 is 0 Å². The van der Waals surface area contributed by atoms with Crippen LogP contribution >= 0.6 is 0 Å². The van der Waals surface area contributed by atoms with E-state index in [-0.39, 0.29) is 0 Å². The Morgan fingerprint density at radius 3 is 2.35 bits per heavy atom. The molecule has 2 aromatic carbocycles. The standard InChI is InChI=1S/C18H24N2/c1-5-20(18-9-7-6-8-14(18)2)17-11-10-16(13-19-4)15(3)12-17/h6-12,19H,5,13H2,1-4H3. The third-order valence-corrected chi connectivity index (χ3v) is 3.73. The van der Waals surface area contributed by atoms with Gasteiger partial charge in [-0.15, -0.1) is 0 Å². The van der Waals surface area contributed by atoms with Crippen LogP contribution in [0.5, 0.6) is 0 Å². The minimum atomic E-state index is 0.919. The predicted molar refractivity (Wildman–Crippen MR) is 87.8 cm³/mol. The van der Waals surface area contributed by atoms with Crippen LogP contribution in [-0.2, 0) is 6.54 Å². The van der Waals surface area contributed by atoms with Crippen LogP contribution in [0.1, 0.15) is 23.6 Å². The zero-order valence-electron chi connectivity index (χ0n) is 12.9. The lowest BCUT2D eigenvalue weighted by atomic mass is 10.1. The molecule has 0 unspecified atom stereocenters. The van der Waals surface area contributed by atoms with Crippen molar-refractivity contribution in [3.05, 3.63) is 59.2 Å². The topological polar surface area (TPSA) is 15.3 Å². The molecule has 0 saturated carbocycles. The van der Waals surface area contributed by atoms with Gasteiger partial charge >= 0.3 is 0 Å². The van der Waals surface area contributed by atoms with E-state index in [1.807, 2.05) is 7.05 Å². The van der Waals surface area contributed by atoms with Crippen molar-refractivity contribution in [3.8, 4) is 0 Å². The van der Waals surface area contributed by atoms with Crippen molar-refractivity contribution in [1.29, 1.82) is 0 Å². The van der Waals surface area contributed by atoms with Gasteiger partial charge in [0.05, 0.1) is 0 Å². The van der Waals surface area contributed by atoms with Crippen molar-refractivity contribution < 1.29 is 0 Å². The molecule has 20 heavy (non-hydrogen) atoms. The van der Waals surface area contributed by atoms with E-state index in [2.05, 4.69) is 73.5 Å². The summed E-state index contributed by atoms with van der Waals surface area (Å²) in [7, 11) is 1.99. The molecule has 2 aromatic rings. The lowest BCUT2D eigenvalue weighted by molar-refractivity contribution is 0.812. The Morgan fingerprint density at radius 2 is 1.75 bits per heavy atom.